The summed E-state index contributed by atoms with van der Waals surface area (Å²) in [5.74, 6) is -2.38. The van der Waals surface area contributed by atoms with Crippen LogP contribution in [0.25, 0.3) is 0 Å². The zero-order valence-corrected chi connectivity index (χ0v) is 7.61. The number of nitrogens with two attached hydrogens (primary N) is 1. The molecule has 1 aromatic carbocycles. The third-order valence-corrected chi connectivity index (χ3v) is 2.03. The van der Waals surface area contributed by atoms with E-state index >= 15 is 0 Å². The van der Waals surface area contributed by atoms with Gasteiger partial charge in [-0.25, -0.2) is 4.39 Å². The lowest BCUT2D eigenvalue weighted by Gasteiger charge is -2.11. The van der Waals surface area contributed by atoms with Crippen LogP contribution in [0.5, 0.6) is 0 Å². The van der Waals surface area contributed by atoms with E-state index in [1.807, 2.05) is 0 Å². The molecule has 0 bridgehead atoms. The lowest BCUT2D eigenvalue weighted by molar-refractivity contribution is -0.139. The molecule has 0 saturated carbocycles. The highest BCUT2D eigenvalue weighted by molar-refractivity contribution is 5.76. The van der Waals surface area contributed by atoms with Crippen molar-refractivity contribution >= 4 is 5.97 Å². The van der Waals surface area contributed by atoms with Gasteiger partial charge in [0.2, 0.25) is 0 Å². The third kappa shape index (κ3) is 2.29. The number of aliphatic carboxylic acids is 1. The molecule has 1 unspecified atom stereocenters. The van der Waals surface area contributed by atoms with Crippen LogP contribution in [0.15, 0.2) is 24.3 Å². The van der Waals surface area contributed by atoms with Crippen molar-refractivity contribution in [3.05, 3.63) is 35.6 Å². The molecule has 1 atom stereocenters. The van der Waals surface area contributed by atoms with Crippen LogP contribution in [0.3, 0.4) is 0 Å². The van der Waals surface area contributed by atoms with E-state index in [2.05, 4.69) is 0 Å². The first-order chi connectivity index (χ1) is 6.66. The van der Waals surface area contributed by atoms with Crippen molar-refractivity contribution in [2.24, 2.45) is 5.73 Å². The molecule has 0 heterocycles. The summed E-state index contributed by atoms with van der Waals surface area (Å²) in [7, 11) is 0. The highest BCUT2D eigenvalue weighted by Gasteiger charge is 2.21. The third-order valence-electron chi connectivity index (χ3n) is 2.03. The molecule has 1 aromatic rings. The Balaban J connectivity index is 2.99. The molecule has 14 heavy (non-hydrogen) atoms. The highest BCUT2D eigenvalue weighted by Crippen LogP contribution is 2.21. The molecule has 3 N–H and O–H groups in total. The Bertz CT molecular complexity index is 328. The summed E-state index contributed by atoms with van der Waals surface area (Å²) >= 11 is 0. The molecule has 0 fully saturated rings. The van der Waals surface area contributed by atoms with Crippen LogP contribution in [0.1, 0.15) is 17.9 Å². The predicted octanol–water partition coefficient (Wildman–Crippen LogP) is 1.34. The Morgan fingerprint density at radius 2 is 2.14 bits per heavy atom. The number of carbonyl (C=O) groups is 1. The molecule has 76 valence electrons. The fraction of sp³-hybridized carbons (Fsp3) is 0.300. The van der Waals surface area contributed by atoms with Crippen molar-refractivity contribution in [1.82, 2.24) is 0 Å². The minimum Gasteiger partial charge on any atom is -0.481 e. The molecule has 4 heteroatoms. The minimum atomic E-state index is -1.04. The number of carboxylic acids is 1. The van der Waals surface area contributed by atoms with Gasteiger partial charge in [0.1, 0.15) is 5.82 Å². The van der Waals surface area contributed by atoms with Gasteiger partial charge in [-0.1, -0.05) is 18.2 Å². The van der Waals surface area contributed by atoms with Gasteiger partial charge in [0.25, 0.3) is 0 Å². The van der Waals surface area contributed by atoms with Crippen molar-refractivity contribution in [3.8, 4) is 0 Å². The SMILES string of the molecule is NCCC(C(=O)O)c1ccccc1F. The van der Waals surface area contributed by atoms with Gasteiger partial charge in [-0.3, -0.25) is 4.79 Å². The first kappa shape index (κ1) is 10.7. The van der Waals surface area contributed by atoms with E-state index in [0.717, 1.165) is 0 Å². The molecule has 0 saturated heterocycles. The fourth-order valence-corrected chi connectivity index (χ4v) is 1.34. The Morgan fingerprint density at radius 3 is 2.64 bits per heavy atom. The minimum absolute atomic E-state index is 0.199. The van der Waals surface area contributed by atoms with Gasteiger partial charge in [0, 0.05) is 5.56 Å². The lowest BCUT2D eigenvalue weighted by Crippen LogP contribution is -2.17. The normalized spacial score (nSPS) is 12.4. The zero-order chi connectivity index (χ0) is 10.6. The molecule has 1 rings (SSSR count). The van der Waals surface area contributed by atoms with E-state index < -0.39 is 17.7 Å². The van der Waals surface area contributed by atoms with Gasteiger partial charge in [0.15, 0.2) is 0 Å². The number of carboxylic acid groups (broad SMARTS) is 1. The largest absolute Gasteiger partial charge is 0.481 e. The number of hydrogen-bond donors (Lipinski definition) is 2. The van der Waals surface area contributed by atoms with Gasteiger partial charge in [0.05, 0.1) is 5.92 Å². The topological polar surface area (TPSA) is 63.3 Å². The molecule has 0 spiro atoms. The summed E-state index contributed by atoms with van der Waals surface area (Å²) in [5.41, 5.74) is 5.47. The zero-order valence-electron chi connectivity index (χ0n) is 7.61. The van der Waals surface area contributed by atoms with E-state index in [4.69, 9.17) is 10.8 Å². The second-order valence-electron chi connectivity index (χ2n) is 2.99. The van der Waals surface area contributed by atoms with Crippen LogP contribution in [0.4, 0.5) is 4.39 Å². The van der Waals surface area contributed by atoms with Crippen LogP contribution in [-0.4, -0.2) is 17.6 Å². The molecular weight excluding hydrogens is 185 g/mol. The maximum Gasteiger partial charge on any atom is 0.311 e. The summed E-state index contributed by atoms with van der Waals surface area (Å²) in [6.45, 7) is 0.227. The molecule has 0 aliphatic heterocycles. The molecule has 0 aromatic heterocycles. The Hall–Kier alpha value is -1.42. The standard InChI is InChI=1S/C10H12FNO2/c11-9-4-2-1-3-7(9)8(5-6-12)10(13)14/h1-4,8H,5-6,12H2,(H,13,14). The number of hydrogen-bond acceptors (Lipinski definition) is 2. The number of halogens is 1. The second-order valence-corrected chi connectivity index (χ2v) is 2.99. The summed E-state index contributed by atoms with van der Waals surface area (Å²) in [6, 6.07) is 5.87. The van der Waals surface area contributed by atoms with Gasteiger partial charge in [-0.2, -0.15) is 0 Å². The maximum absolute atomic E-state index is 13.2. The van der Waals surface area contributed by atoms with Crippen molar-refractivity contribution in [3.63, 3.8) is 0 Å². The average molecular weight is 197 g/mol. The maximum atomic E-state index is 13.2. The summed E-state index contributed by atoms with van der Waals surface area (Å²) in [5, 5.41) is 8.86. The van der Waals surface area contributed by atoms with Crippen LogP contribution in [0.2, 0.25) is 0 Å². The van der Waals surface area contributed by atoms with E-state index in [0.29, 0.717) is 0 Å². The molecule has 0 amide bonds. The molecule has 0 radical (unpaired) electrons. The number of benzene rings is 1. The molecule has 3 nitrogen and oxygen atoms in total. The van der Waals surface area contributed by atoms with Gasteiger partial charge < -0.3 is 10.8 Å². The van der Waals surface area contributed by atoms with E-state index in [1.165, 1.54) is 18.2 Å². The Kier molecular flexibility index (Phi) is 3.59. The smallest absolute Gasteiger partial charge is 0.311 e. The van der Waals surface area contributed by atoms with E-state index in [-0.39, 0.29) is 18.5 Å². The van der Waals surface area contributed by atoms with E-state index in [9.17, 15) is 9.18 Å². The Morgan fingerprint density at radius 1 is 1.50 bits per heavy atom. The van der Waals surface area contributed by atoms with Crippen LogP contribution >= 0.6 is 0 Å². The molecular formula is C10H12FNO2. The quantitative estimate of drug-likeness (QED) is 0.765. The molecule has 0 aliphatic carbocycles. The van der Waals surface area contributed by atoms with Crippen LogP contribution in [-0.2, 0) is 4.79 Å². The van der Waals surface area contributed by atoms with Crippen LogP contribution in [0, 0.1) is 5.82 Å². The summed E-state index contributed by atoms with van der Waals surface area (Å²) in [4.78, 5) is 10.8. The highest BCUT2D eigenvalue weighted by atomic mass is 19.1. The summed E-state index contributed by atoms with van der Waals surface area (Å²) < 4.78 is 13.2. The van der Waals surface area contributed by atoms with Gasteiger partial charge in [-0.05, 0) is 19.0 Å². The first-order valence-corrected chi connectivity index (χ1v) is 4.34. The van der Waals surface area contributed by atoms with E-state index in [1.54, 1.807) is 6.07 Å². The van der Waals surface area contributed by atoms with Crippen molar-refractivity contribution in [1.29, 1.82) is 0 Å². The molecule has 0 aliphatic rings. The fourth-order valence-electron chi connectivity index (χ4n) is 1.34. The Labute approximate surface area is 81.4 Å². The summed E-state index contributed by atoms with van der Waals surface area (Å²) in [6.07, 6.45) is 0.246. The lowest BCUT2D eigenvalue weighted by atomic mass is 9.95. The van der Waals surface area contributed by atoms with Crippen molar-refractivity contribution in [2.45, 2.75) is 12.3 Å². The predicted molar refractivity (Wildman–Crippen MR) is 50.4 cm³/mol. The van der Waals surface area contributed by atoms with Crippen molar-refractivity contribution < 1.29 is 14.3 Å². The first-order valence-electron chi connectivity index (χ1n) is 4.34. The monoisotopic (exact) mass is 197 g/mol. The van der Waals surface area contributed by atoms with Crippen molar-refractivity contribution in [2.75, 3.05) is 6.54 Å². The number of rotatable bonds is 4. The van der Waals surface area contributed by atoms with Crippen LogP contribution < -0.4 is 5.73 Å². The average Bonchev–Trinajstić information content (AvgIpc) is 2.15. The van der Waals surface area contributed by atoms with Gasteiger partial charge >= 0.3 is 5.97 Å². The van der Waals surface area contributed by atoms with Gasteiger partial charge in [-0.15, -0.1) is 0 Å². The second kappa shape index (κ2) is 4.72.